The van der Waals surface area contributed by atoms with E-state index in [2.05, 4.69) is 21.3 Å². The minimum absolute atomic E-state index is 0.0193. The summed E-state index contributed by atoms with van der Waals surface area (Å²) in [6.07, 6.45) is 3.38. The predicted molar refractivity (Wildman–Crippen MR) is 182 cm³/mol. The molecular formula is C36H51N5O7. The van der Waals surface area contributed by atoms with Crippen molar-refractivity contribution in [3.05, 3.63) is 65.7 Å². The Morgan fingerprint density at radius 1 is 0.938 bits per heavy atom. The van der Waals surface area contributed by atoms with E-state index in [1.165, 1.54) is 7.11 Å². The summed E-state index contributed by atoms with van der Waals surface area (Å²) in [4.78, 5) is 69.2. The van der Waals surface area contributed by atoms with Gasteiger partial charge in [-0.1, -0.05) is 69.2 Å². The van der Waals surface area contributed by atoms with E-state index in [0.717, 1.165) is 31.2 Å². The van der Waals surface area contributed by atoms with Gasteiger partial charge in [-0.3, -0.25) is 24.0 Å². The second-order valence-corrected chi connectivity index (χ2v) is 12.5. The summed E-state index contributed by atoms with van der Waals surface area (Å²) in [7, 11) is 3.23. The first-order chi connectivity index (χ1) is 23.1. The van der Waals surface area contributed by atoms with Crippen molar-refractivity contribution in [1.29, 1.82) is 0 Å². The van der Waals surface area contributed by atoms with Crippen molar-refractivity contribution in [2.24, 2.45) is 5.92 Å². The van der Waals surface area contributed by atoms with E-state index in [1.807, 2.05) is 44.2 Å². The van der Waals surface area contributed by atoms with Gasteiger partial charge in [0.25, 0.3) is 5.91 Å². The van der Waals surface area contributed by atoms with Gasteiger partial charge < -0.3 is 35.6 Å². The molecule has 1 aliphatic rings. The third-order valence-corrected chi connectivity index (χ3v) is 8.03. The van der Waals surface area contributed by atoms with Gasteiger partial charge >= 0.3 is 0 Å². The minimum atomic E-state index is -1.25. The van der Waals surface area contributed by atoms with Gasteiger partial charge in [-0.2, -0.15) is 0 Å². The van der Waals surface area contributed by atoms with Gasteiger partial charge in [-0.15, -0.1) is 0 Å². The monoisotopic (exact) mass is 665 g/mol. The van der Waals surface area contributed by atoms with Crippen molar-refractivity contribution in [2.75, 3.05) is 40.5 Å². The lowest BCUT2D eigenvalue weighted by molar-refractivity contribution is -0.137. The number of methoxy groups -OCH3 is 1. The number of benzene rings is 2. The number of nitrogens with one attached hydrogen (secondary N) is 4. The first kappa shape index (κ1) is 38.0. The summed E-state index contributed by atoms with van der Waals surface area (Å²) in [6.45, 7) is 5.15. The molecule has 5 amide bonds. The molecule has 1 aliphatic heterocycles. The summed E-state index contributed by atoms with van der Waals surface area (Å²) in [5.74, 6) is -2.09. The molecule has 12 nitrogen and oxygen atoms in total. The number of fused-ring (bicyclic) bond motifs is 1. The average Bonchev–Trinajstić information content (AvgIpc) is 3.06. The summed E-state index contributed by atoms with van der Waals surface area (Å²) < 4.78 is 11.0. The van der Waals surface area contributed by atoms with Crippen LogP contribution >= 0.6 is 0 Å². The van der Waals surface area contributed by atoms with Crippen molar-refractivity contribution in [2.45, 2.75) is 76.9 Å². The van der Waals surface area contributed by atoms with E-state index in [0.29, 0.717) is 25.3 Å². The maximum absolute atomic E-state index is 13.8. The fourth-order valence-electron chi connectivity index (χ4n) is 5.45. The Bertz CT molecular complexity index is 1350. The molecule has 0 saturated carbocycles. The fourth-order valence-corrected chi connectivity index (χ4v) is 5.45. The SMILES string of the molecule is COCCNC(=O)[C@@H]1CC(=O)N[C@@H](CC(C)C)C(=O)N[C@@H](Cc2ccccc2)C(=O)N(C)CCCCCCOc2ccccc2C(=O)N1. The summed E-state index contributed by atoms with van der Waals surface area (Å²) in [5.41, 5.74) is 1.12. The molecule has 3 atom stereocenters. The molecule has 2 aromatic carbocycles. The van der Waals surface area contributed by atoms with Crippen molar-refractivity contribution in [3.63, 3.8) is 0 Å². The zero-order chi connectivity index (χ0) is 34.9. The Kier molecular flexibility index (Phi) is 15.9. The number of likely N-dealkylation sites (N-methyl/N-ethyl adjacent to an activating group) is 1. The van der Waals surface area contributed by atoms with Crippen LogP contribution < -0.4 is 26.0 Å². The van der Waals surface area contributed by atoms with Crippen LogP contribution in [0.15, 0.2) is 54.6 Å². The topological polar surface area (TPSA) is 155 Å². The zero-order valence-electron chi connectivity index (χ0n) is 28.6. The lowest BCUT2D eigenvalue weighted by Gasteiger charge is -2.28. The Hall–Kier alpha value is -4.45. The fraction of sp³-hybridized carbons (Fsp3) is 0.528. The van der Waals surface area contributed by atoms with E-state index in [1.54, 1.807) is 36.2 Å². The van der Waals surface area contributed by atoms with Crippen LogP contribution in [0.2, 0.25) is 0 Å². The largest absolute Gasteiger partial charge is 0.493 e. The maximum Gasteiger partial charge on any atom is 0.255 e. The third-order valence-electron chi connectivity index (χ3n) is 8.03. The maximum atomic E-state index is 13.8. The molecule has 0 spiro atoms. The number of hydrogen-bond acceptors (Lipinski definition) is 7. The van der Waals surface area contributed by atoms with Crippen molar-refractivity contribution in [3.8, 4) is 5.75 Å². The zero-order valence-corrected chi connectivity index (χ0v) is 28.6. The summed E-state index contributed by atoms with van der Waals surface area (Å²) in [6, 6.07) is 13.1. The van der Waals surface area contributed by atoms with Crippen LogP contribution in [-0.4, -0.2) is 93.0 Å². The van der Waals surface area contributed by atoms with E-state index in [9.17, 15) is 24.0 Å². The predicted octanol–water partition coefficient (Wildman–Crippen LogP) is 2.61. The quantitative estimate of drug-likeness (QED) is 0.316. The molecule has 3 rings (SSSR count). The molecule has 0 unspecified atom stereocenters. The number of nitrogens with zero attached hydrogens (tertiary/aromatic N) is 1. The second-order valence-electron chi connectivity index (χ2n) is 12.5. The lowest BCUT2D eigenvalue weighted by atomic mass is 10.0. The Labute approximate surface area is 283 Å². The van der Waals surface area contributed by atoms with Crippen LogP contribution in [0.25, 0.3) is 0 Å². The highest BCUT2D eigenvalue weighted by atomic mass is 16.5. The summed E-state index contributed by atoms with van der Waals surface area (Å²) >= 11 is 0. The molecule has 1 heterocycles. The molecule has 4 N–H and O–H groups in total. The minimum Gasteiger partial charge on any atom is -0.493 e. The molecule has 0 aromatic heterocycles. The van der Waals surface area contributed by atoms with Crippen LogP contribution in [0.1, 0.15) is 68.3 Å². The number of carbonyl (C=O) groups excluding carboxylic acids is 5. The Balaban J connectivity index is 1.91. The van der Waals surface area contributed by atoms with Crippen LogP contribution in [-0.2, 0) is 30.3 Å². The molecular weight excluding hydrogens is 614 g/mol. The molecule has 0 aliphatic carbocycles. The van der Waals surface area contributed by atoms with Crippen molar-refractivity contribution < 1.29 is 33.4 Å². The molecule has 12 heteroatoms. The molecule has 0 fully saturated rings. The normalized spacial score (nSPS) is 20.8. The van der Waals surface area contributed by atoms with Crippen LogP contribution in [0.3, 0.4) is 0 Å². The summed E-state index contributed by atoms with van der Waals surface area (Å²) in [5, 5.41) is 11.1. The van der Waals surface area contributed by atoms with Gasteiger partial charge in [0.05, 0.1) is 25.2 Å². The van der Waals surface area contributed by atoms with Gasteiger partial charge in [0.2, 0.25) is 23.6 Å². The van der Waals surface area contributed by atoms with Gasteiger partial charge in [0.15, 0.2) is 0 Å². The molecule has 0 radical (unpaired) electrons. The second kappa shape index (κ2) is 20.0. The van der Waals surface area contributed by atoms with Crippen molar-refractivity contribution >= 4 is 29.5 Å². The number of carbonyl (C=O) groups is 5. The number of amides is 5. The first-order valence-corrected chi connectivity index (χ1v) is 16.8. The molecule has 48 heavy (non-hydrogen) atoms. The lowest BCUT2D eigenvalue weighted by Crippen LogP contribution is -2.56. The first-order valence-electron chi connectivity index (χ1n) is 16.8. The van der Waals surface area contributed by atoms with Crippen LogP contribution in [0.5, 0.6) is 5.75 Å². The molecule has 262 valence electrons. The average molecular weight is 666 g/mol. The van der Waals surface area contributed by atoms with E-state index in [-0.39, 0.29) is 37.0 Å². The number of rotatable bonds is 8. The number of hydrogen-bond donors (Lipinski definition) is 4. The number of ether oxygens (including phenoxy) is 2. The van der Waals surface area contributed by atoms with E-state index >= 15 is 0 Å². The molecule has 0 bridgehead atoms. The highest BCUT2D eigenvalue weighted by Gasteiger charge is 2.31. The highest BCUT2D eigenvalue weighted by Crippen LogP contribution is 2.19. The van der Waals surface area contributed by atoms with E-state index < -0.39 is 48.2 Å². The standard InChI is InChI=1S/C36H51N5O7/c1-25(2)22-28-35(45)40-30(23-26-14-8-7-9-15-26)36(46)41(3)19-12-5-6-13-20-48-31-17-11-10-16-27(31)33(43)39-29(24-32(42)38-28)34(44)37-18-21-47-4/h7-11,14-17,25,28-30H,5-6,12-13,18-24H2,1-4H3,(H,37,44)(H,38,42)(H,39,43)(H,40,45)/t28-,29-,30-/m0/s1. The van der Waals surface area contributed by atoms with Gasteiger partial charge in [-0.05, 0) is 42.9 Å². The third kappa shape index (κ3) is 12.6. The van der Waals surface area contributed by atoms with Crippen LogP contribution in [0, 0.1) is 5.92 Å². The smallest absolute Gasteiger partial charge is 0.255 e. The van der Waals surface area contributed by atoms with Gasteiger partial charge in [0.1, 0.15) is 23.9 Å². The molecule has 2 aromatic rings. The highest BCUT2D eigenvalue weighted by molar-refractivity contribution is 6.01. The van der Waals surface area contributed by atoms with E-state index in [4.69, 9.17) is 9.47 Å². The van der Waals surface area contributed by atoms with Crippen molar-refractivity contribution in [1.82, 2.24) is 26.2 Å². The Morgan fingerprint density at radius 3 is 2.38 bits per heavy atom. The Morgan fingerprint density at radius 2 is 1.65 bits per heavy atom. The molecule has 0 saturated heterocycles. The van der Waals surface area contributed by atoms with Gasteiger partial charge in [-0.25, -0.2) is 0 Å². The van der Waals surface area contributed by atoms with Gasteiger partial charge in [0, 0.05) is 33.7 Å². The van der Waals surface area contributed by atoms with Crippen LogP contribution in [0.4, 0.5) is 0 Å². The number of para-hydroxylation sites is 1.